The Morgan fingerprint density at radius 3 is 1.83 bits per heavy atom. The van der Waals surface area contributed by atoms with E-state index in [2.05, 4.69) is 85.9 Å². The summed E-state index contributed by atoms with van der Waals surface area (Å²) < 4.78 is 12.4. The molecule has 0 heterocycles. The number of halogens is 1. The molecule has 0 bridgehead atoms. The van der Waals surface area contributed by atoms with Crippen molar-refractivity contribution in [2.75, 3.05) is 7.05 Å². The van der Waals surface area contributed by atoms with E-state index in [-0.39, 0.29) is 5.82 Å². The van der Waals surface area contributed by atoms with Crippen molar-refractivity contribution in [3.8, 4) is 12.3 Å². The van der Waals surface area contributed by atoms with Crippen molar-refractivity contribution in [3.05, 3.63) is 84.3 Å². The summed E-state index contributed by atoms with van der Waals surface area (Å²) in [5.74, 6) is 6.29. The smallest absolute Gasteiger partial charge is 0.123 e. The minimum atomic E-state index is -0.144. The number of aryl methyl sites for hydroxylation is 1. The highest BCUT2D eigenvalue weighted by molar-refractivity contribution is 5.15. The van der Waals surface area contributed by atoms with E-state index in [1.807, 2.05) is 66.8 Å². The summed E-state index contributed by atoms with van der Waals surface area (Å²) in [4.78, 5) is 0. The minimum absolute atomic E-state index is 0.144. The van der Waals surface area contributed by atoms with Gasteiger partial charge in [0.2, 0.25) is 0 Å². The van der Waals surface area contributed by atoms with Crippen LogP contribution in [0.3, 0.4) is 0 Å². The summed E-state index contributed by atoms with van der Waals surface area (Å²) in [7, 11) is 1.93. The van der Waals surface area contributed by atoms with E-state index in [0.717, 1.165) is 42.1 Å². The second kappa shape index (κ2) is 41.7. The van der Waals surface area contributed by atoms with Crippen LogP contribution in [0, 0.1) is 41.8 Å². The molecule has 1 aromatic carbocycles. The molecular formula is C45H82FN. The standard InChI is InChI=1S/C10H22.C9H14.C8H9F.C7H12.C6H13N.C3H6.C2H6/c1-5-6-10(4)8-7-9(2)3;1-3-5-9-6-8(4-2)7-9;1-2-7-4-3-5-8(9)6-7;1-4-5-6-7(2)3;1-5(2)6(3)7-4;1-3-2;1-2/h9-10H,5-8H2,1-4H3;1,8-9H,4-7H2,2H3;3-6H,2H2,1H3;4-6H,1-3H3;6-7H,1H2,2-4H3;3H,1H2,2H3;1-2H3/b;;;5-4-;;;/t10-;;;;;;/m0....../s1. The van der Waals surface area contributed by atoms with Crippen molar-refractivity contribution in [1.82, 2.24) is 5.32 Å². The molecule has 2 atom stereocenters. The van der Waals surface area contributed by atoms with Crippen LogP contribution in [-0.2, 0) is 6.42 Å². The van der Waals surface area contributed by atoms with Crippen LogP contribution in [0.1, 0.15) is 154 Å². The Balaban J connectivity index is -0.000000152. The molecule has 1 unspecified atom stereocenters. The van der Waals surface area contributed by atoms with Gasteiger partial charge in [-0.05, 0) is 109 Å². The number of hydrogen-bond donors (Lipinski definition) is 1. The first kappa shape index (κ1) is 54.1. The fourth-order valence-corrected chi connectivity index (χ4v) is 4.09. The van der Waals surface area contributed by atoms with E-state index in [0.29, 0.717) is 6.04 Å². The van der Waals surface area contributed by atoms with E-state index in [9.17, 15) is 4.39 Å². The van der Waals surface area contributed by atoms with Crippen molar-refractivity contribution >= 4 is 0 Å². The van der Waals surface area contributed by atoms with Gasteiger partial charge in [0.05, 0.1) is 0 Å². The van der Waals surface area contributed by atoms with Crippen LogP contribution in [0.2, 0.25) is 0 Å². The van der Waals surface area contributed by atoms with Gasteiger partial charge < -0.3 is 5.32 Å². The summed E-state index contributed by atoms with van der Waals surface area (Å²) in [5, 5.41) is 3.06. The average Bonchev–Trinajstić information content (AvgIpc) is 3.02. The third-order valence-corrected chi connectivity index (χ3v) is 7.43. The molecule has 1 saturated carbocycles. The molecule has 2 heteroatoms. The second-order valence-corrected chi connectivity index (χ2v) is 12.9. The largest absolute Gasteiger partial charge is 0.314 e. The fourth-order valence-electron chi connectivity index (χ4n) is 4.09. The summed E-state index contributed by atoms with van der Waals surface area (Å²) in [6.45, 7) is 36.8. The van der Waals surface area contributed by atoms with Gasteiger partial charge in [-0.2, -0.15) is 0 Å². The molecule has 274 valence electrons. The molecule has 1 aromatic rings. The van der Waals surface area contributed by atoms with Gasteiger partial charge in [-0.3, -0.25) is 0 Å². The van der Waals surface area contributed by atoms with Gasteiger partial charge in [0, 0.05) is 12.5 Å². The van der Waals surface area contributed by atoms with Gasteiger partial charge in [-0.25, -0.2) is 4.39 Å². The number of likely N-dealkylation sites (N-methyl/N-ethyl adjacent to an activating group) is 1. The van der Waals surface area contributed by atoms with Crippen LogP contribution in [0.15, 0.2) is 72.9 Å². The van der Waals surface area contributed by atoms with Crippen LogP contribution < -0.4 is 5.32 Å². The van der Waals surface area contributed by atoms with E-state index in [1.165, 1.54) is 62.2 Å². The van der Waals surface area contributed by atoms with Crippen LogP contribution in [-0.4, -0.2) is 13.1 Å². The molecule has 47 heavy (non-hydrogen) atoms. The Bertz CT molecular complexity index is 891. The highest BCUT2D eigenvalue weighted by Crippen LogP contribution is 2.37. The molecule has 1 nitrogen and oxygen atoms in total. The second-order valence-electron chi connectivity index (χ2n) is 12.9. The van der Waals surface area contributed by atoms with Crippen molar-refractivity contribution < 1.29 is 4.39 Å². The fraction of sp³-hybridized carbons (Fsp3) is 0.644. The van der Waals surface area contributed by atoms with Gasteiger partial charge in [0.1, 0.15) is 5.82 Å². The monoisotopic (exact) mass is 656 g/mol. The number of allylic oxidation sites excluding steroid dienone is 5. The Kier molecular flexibility index (Phi) is 47.9. The molecule has 1 N–H and O–H groups in total. The lowest BCUT2D eigenvalue weighted by Gasteiger charge is -2.33. The van der Waals surface area contributed by atoms with Crippen molar-refractivity contribution in [1.29, 1.82) is 0 Å². The van der Waals surface area contributed by atoms with E-state index < -0.39 is 0 Å². The molecule has 1 aliphatic carbocycles. The molecule has 0 saturated heterocycles. The Morgan fingerprint density at radius 1 is 1.00 bits per heavy atom. The molecular weight excluding hydrogens is 574 g/mol. The predicted octanol–water partition coefficient (Wildman–Crippen LogP) is 14.6. The maximum Gasteiger partial charge on any atom is 0.123 e. The molecule has 2 rings (SSSR count). The van der Waals surface area contributed by atoms with Crippen LogP contribution in [0.25, 0.3) is 0 Å². The van der Waals surface area contributed by atoms with E-state index >= 15 is 0 Å². The third-order valence-electron chi connectivity index (χ3n) is 7.43. The zero-order valence-corrected chi connectivity index (χ0v) is 34.2. The summed E-state index contributed by atoms with van der Waals surface area (Å²) in [6.07, 6.45) is 24.7. The first-order valence-corrected chi connectivity index (χ1v) is 18.6. The SMILES string of the molecule is C#CCC1CC(CC)C1.C/C=C\C=C(C)C.C=C(C)C(C)NC.C=CC.CC.CCC[C@H](C)CCC(C)C.CCc1cccc(F)c1. The molecule has 1 aliphatic rings. The summed E-state index contributed by atoms with van der Waals surface area (Å²) in [5.41, 5.74) is 3.58. The Morgan fingerprint density at radius 2 is 1.55 bits per heavy atom. The number of nitrogens with one attached hydrogen (secondary N) is 1. The van der Waals surface area contributed by atoms with E-state index in [4.69, 9.17) is 6.42 Å². The molecule has 0 spiro atoms. The topological polar surface area (TPSA) is 12.0 Å². The average molecular weight is 656 g/mol. The summed E-state index contributed by atoms with van der Waals surface area (Å²) >= 11 is 0. The van der Waals surface area contributed by atoms with Gasteiger partial charge >= 0.3 is 0 Å². The predicted molar refractivity (Wildman–Crippen MR) is 219 cm³/mol. The highest BCUT2D eigenvalue weighted by Gasteiger charge is 2.26. The van der Waals surface area contributed by atoms with E-state index in [1.54, 1.807) is 18.2 Å². The lowest BCUT2D eigenvalue weighted by molar-refractivity contribution is 0.192. The van der Waals surface area contributed by atoms with Crippen molar-refractivity contribution in [3.63, 3.8) is 0 Å². The molecule has 1 fully saturated rings. The van der Waals surface area contributed by atoms with Gasteiger partial charge in [0.25, 0.3) is 0 Å². The van der Waals surface area contributed by atoms with Crippen molar-refractivity contribution in [2.45, 2.75) is 161 Å². The molecule has 0 radical (unpaired) electrons. The van der Waals surface area contributed by atoms with Gasteiger partial charge in [-0.1, -0.05) is 142 Å². The summed E-state index contributed by atoms with van der Waals surface area (Å²) in [6, 6.07) is 7.12. The first-order chi connectivity index (χ1) is 22.2. The van der Waals surface area contributed by atoms with Crippen LogP contribution >= 0.6 is 0 Å². The lowest BCUT2D eigenvalue weighted by atomic mass is 9.72. The molecule has 0 amide bonds. The Labute approximate surface area is 297 Å². The number of benzene rings is 1. The zero-order valence-electron chi connectivity index (χ0n) is 34.2. The number of hydrogen-bond acceptors (Lipinski definition) is 1. The third kappa shape index (κ3) is 45.8. The van der Waals surface area contributed by atoms with Crippen LogP contribution in [0.5, 0.6) is 0 Å². The van der Waals surface area contributed by atoms with Crippen molar-refractivity contribution in [2.24, 2.45) is 23.7 Å². The molecule has 0 aromatic heterocycles. The maximum atomic E-state index is 12.4. The van der Waals surface area contributed by atoms with Gasteiger partial charge in [-0.15, -0.1) is 18.9 Å². The first-order valence-electron chi connectivity index (χ1n) is 18.6. The number of rotatable bonds is 11. The zero-order chi connectivity index (χ0) is 37.6. The Hall–Kier alpha value is -2.37. The lowest BCUT2D eigenvalue weighted by Crippen LogP contribution is -2.22. The van der Waals surface area contributed by atoms with Crippen LogP contribution in [0.4, 0.5) is 4.39 Å². The minimum Gasteiger partial charge on any atom is -0.314 e. The van der Waals surface area contributed by atoms with Gasteiger partial charge in [0.15, 0.2) is 0 Å². The normalized spacial score (nSPS) is 15.0. The highest BCUT2D eigenvalue weighted by atomic mass is 19.1. The number of terminal acetylenes is 1. The maximum absolute atomic E-state index is 12.4. The molecule has 0 aliphatic heterocycles. The quantitative estimate of drug-likeness (QED) is 0.142.